The van der Waals surface area contributed by atoms with Crippen molar-refractivity contribution < 1.29 is 9.53 Å². The van der Waals surface area contributed by atoms with Gasteiger partial charge in [0.25, 0.3) is 0 Å². The quantitative estimate of drug-likeness (QED) is 0.696. The maximum absolute atomic E-state index is 12.2. The predicted molar refractivity (Wildman–Crippen MR) is 103 cm³/mol. The third kappa shape index (κ3) is 3.61. The van der Waals surface area contributed by atoms with Crippen molar-refractivity contribution in [3.63, 3.8) is 0 Å². The van der Waals surface area contributed by atoms with Gasteiger partial charge in [0.1, 0.15) is 23.4 Å². The van der Waals surface area contributed by atoms with Crippen molar-refractivity contribution in [3.05, 3.63) is 42.4 Å². The van der Waals surface area contributed by atoms with E-state index in [4.69, 9.17) is 10.5 Å². The zero-order valence-corrected chi connectivity index (χ0v) is 15.4. The fourth-order valence-corrected chi connectivity index (χ4v) is 2.77. The molecule has 3 aromatic rings. The first-order valence-corrected chi connectivity index (χ1v) is 8.49. The first-order chi connectivity index (χ1) is 12.3. The SMILES string of the molecule is CCc1cn(-c2cccc(N)c2)c2ncnc(NC(=O)OC(C)(C)C)c12. The third-order valence-electron chi connectivity index (χ3n) is 3.81. The number of fused-ring (bicyclic) bond motifs is 1. The molecule has 0 unspecified atom stereocenters. The molecule has 0 aliphatic heterocycles. The zero-order valence-electron chi connectivity index (χ0n) is 15.4. The molecule has 2 heterocycles. The lowest BCUT2D eigenvalue weighted by Crippen LogP contribution is -2.27. The number of nitrogens with two attached hydrogens (primary N) is 1. The Balaban J connectivity index is 2.08. The lowest BCUT2D eigenvalue weighted by molar-refractivity contribution is 0.0635. The van der Waals surface area contributed by atoms with Gasteiger partial charge in [-0.15, -0.1) is 0 Å². The monoisotopic (exact) mass is 353 g/mol. The van der Waals surface area contributed by atoms with Gasteiger partial charge in [-0.3, -0.25) is 5.32 Å². The van der Waals surface area contributed by atoms with Gasteiger partial charge in [0.2, 0.25) is 0 Å². The summed E-state index contributed by atoms with van der Waals surface area (Å²) in [5.41, 5.74) is 8.62. The average Bonchev–Trinajstić information content (AvgIpc) is 2.93. The molecule has 0 fully saturated rings. The van der Waals surface area contributed by atoms with E-state index < -0.39 is 11.7 Å². The van der Waals surface area contributed by atoms with Gasteiger partial charge < -0.3 is 15.0 Å². The van der Waals surface area contributed by atoms with Gasteiger partial charge >= 0.3 is 6.09 Å². The van der Waals surface area contributed by atoms with Gasteiger partial charge in [0, 0.05) is 17.6 Å². The molecule has 26 heavy (non-hydrogen) atoms. The molecule has 7 heteroatoms. The van der Waals surface area contributed by atoms with Crippen LogP contribution in [0.25, 0.3) is 16.7 Å². The van der Waals surface area contributed by atoms with E-state index in [9.17, 15) is 4.79 Å². The van der Waals surface area contributed by atoms with E-state index in [1.807, 2.05) is 62.7 Å². The molecular weight excluding hydrogens is 330 g/mol. The molecule has 0 aliphatic rings. The minimum absolute atomic E-state index is 0.434. The number of ether oxygens (including phenoxy) is 1. The van der Waals surface area contributed by atoms with E-state index in [0.29, 0.717) is 17.2 Å². The highest BCUT2D eigenvalue weighted by molar-refractivity contribution is 5.98. The Hall–Kier alpha value is -3.09. The van der Waals surface area contributed by atoms with E-state index >= 15 is 0 Å². The van der Waals surface area contributed by atoms with Crippen LogP contribution in [-0.4, -0.2) is 26.2 Å². The molecule has 0 saturated heterocycles. The number of carbonyl (C=O) groups excluding carboxylic acids is 1. The summed E-state index contributed by atoms with van der Waals surface area (Å²) >= 11 is 0. The number of aryl methyl sites for hydroxylation is 1. The van der Waals surface area contributed by atoms with Crippen LogP contribution in [0.2, 0.25) is 0 Å². The lowest BCUT2D eigenvalue weighted by atomic mass is 10.2. The van der Waals surface area contributed by atoms with Gasteiger partial charge in [0.05, 0.1) is 5.39 Å². The normalized spacial score (nSPS) is 11.5. The van der Waals surface area contributed by atoms with E-state index in [1.54, 1.807) is 0 Å². The number of aromatic nitrogens is 3. The van der Waals surface area contributed by atoms with Crippen molar-refractivity contribution in [1.82, 2.24) is 14.5 Å². The topological polar surface area (TPSA) is 95.1 Å². The number of rotatable bonds is 3. The second-order valence-corrected chi connectivity index (χ2v) is 7.02. The smallest absolute Gasteiger partial charge is 0.413 e. The highest BCUT2D eigenvalue weighted by Crippen LogP contribution is 2.29. The largest absolute Gasteiger partial charge is 0.444 e. The summed E-state index contributed by atoms with van der Waals surface area (Å²) in [6.45, 7) is 7.49. The van der Waals surface area contributed by atoms with Crippen molar-refractivity contribution in [3.8, 4) is 5.69 Å². The number of nitrogens with one attached hydrogen (secondary N) is 1. The standard InChI is InChI=1S/C19H23N5O2/c1-5-12-10-24(14-8-6-7-13(20)9-14)17-15(12)16(21-11-22-17)23-18(25)26-19(2,3)4/h6-11H,5,20H2,1-4H3,(H,21,22,23,25). The molecule has 2 aromatic heterocycles. The molecule has 1 aromatic carbocycles. The van der Waals surface area contributed by atoms with Gasteiger partial charge in [-0.05, 0) is 51.0 Å². The molecule has 3 N–H and O–H groups in total. The molecule has 0 spiro atoms. The molecule has 0 atom stereocenters. The average molecular weight is 353 g/mol. The fraction of sp³-hybridized carbons (Fsp3) is 0.316. The van der Waals surface area contributed by atoms with Crippen molar-refractivity contribution in [2.75, 3.05) is 11.1 Å². The molecular formula is C19H23N5O2. The van der Waals surface area contributed by atoms with Crippen molar-refractivity contribution in [2.45, 2.75) is 39.7 Å². The van der Waals surface area contributed by atoms with Crippen LogP contribution in [0.15, 0.2) is 36.8 Å². The van der Waals surface area contributed by atoms with Crippen LogP contribution in [-0.2, 0) is 11.2 Å². The first kappa shape index (κ1) is 17.7. The summed E-state index contributed by atoms with van der Waals surface area (Å²) in [6.07, 6.45) is 3.64. The Morgan fingerprint density at radius 1 is 1.31 bits per heavy atom. The number of anilines is 2. The Morgan fingerprint density at radius 3 is 2.73 bits per heavy atom. The highest BCUT2D eigenvalue weighted by atomic mass is 16.6. The van der Waals surface area contributed by atoms with E-state index in [2.05, 4.69) is 15.3 Å². The molecule has 0 bridgehead atoms. The number of hydrogen-bond donors (Lipinski definition) is 2. The first-order valence-electron chi connectivity index (χ1n) is 8.49. The Bertz CT molecular complexity index is 956. The van der Waals surface area contributed by atoms with Gasteiger partial charge in [-0.2, -0.15) is 0 Å². The number of nitrogen functional groups attached to an aromatic ring is 1. The van der Waals surface area contributed by atoms with Crippen molar-refractivity contribution >= 4 is 28.6 Å². The summed E-state index contributed by atoms with van der Waals surface area (Å²) < 4.78 is 7.29. The molecule has 136 valence electrons. The predicted octanol–water partition coefficient (Wildman–Crippen LogP) is 3.91. The van der Waals surface area contributed by atoms with Crippen LogP contribution in [0.5, 0.6) is 0 Å². The summed E-state index contributed by atoms with van der Waals surface area (Å²) in [7, 11) is 0. The highest BCUT2D eigenvalue weighted by Gasteiger charge is 2.20. The number of carbonyl (C=O) groups is 1. The molecule has 0 radical (unpaired) electrons. The van der Waals surface area contributed by atoms with E-state index in [-0.39, 0.29) is 0 Å². The lowest BCUT2D eigenvalue weighted by Gasteiger charge is -2.19. The van der Waals surface area contributed by atoms with Crippen molar-refractivity contribution in [2.24, 2.45) is 0 Å². The maximum atomic E-state index is 12.2. The van der Waals surface area contributed by atoms with Crippen LogP contribution in [0, 0.1) is 0 Å². The minimum Gasteiger partial charge on any atom is -0.444 e. The number of nitrogens with zero attached hydrogens (tertiary/aromatic N) is 3. The van der Waals surface area contributed by atoms with Crippen LogP contribution >= 0.6 is 0 Å². The summed E-state index contributed by atoms with van der Waals surface area (Å²) in [4.78, 5) is 20.8. The second-order valence-electron chi connectivity index (χ2n) is 7.02. The molecule has 7 nitrogen and oxygen atoms in total. The molecule has 1 amide bonds. The van der Waals surface area contributed by atoms with Crippen LogP contribution < -0.4 is 11.1 Å². The second kappa shape index (κ2) is 6.67. The van der Waals surface area contributed by atoms with Crippen LogP contribution in [0.3, 0.4) is 0 Å². The van der Waals surface area contributed by atoms with Gasteiger partial charge in [-0.25, -0.2) is 14.8 Å². The van der Waals surface area contributed by atoms with Crippen LogP contribution in [0.1, 0.15) is 33.3 Å². The van der Waals surface area contributed by atoms with Crippen LogP contribution in [0.4, 0.5) is 16.3 Å². The summed E-state index contributed by atoms with van der Waals surface area (Å²) in [5.74, 6) is 0.434. The van der Waals surface area contributed by atoms with E-state index in [1.165, 1.54) is 6.33 Å². The zero-order chi connectivity index (χ0) is 18.9. The molecule has 0 saturated carbocycles. The summed E-state index contributed by atoms with van der Waals surface area (Å²) in [5, 5.41) is 3.54. The summed E-state index contributed by atoms with van der Waals surface area (Å²) in [6, 6.07) is 7.56. The number of amides is 1. The molecule has 3 rings (SSSR count). The van der Waals surface area contributed by atoms with E-state index in [0.717, 1.165) is 23.1 Å². The molecule has 0 aliphatic carbocycles. The maximum Gasteiger partial charge on any atom is 0.413 e. The Morgan fingerprint density at radius 2 is 2.08 bits per heavy atom. The Labute approximate surface area is 152 Å². The van der Waals surface area contributed by atoms with Gasteiger partial charge in [0.15, 0.2) is 0 Å². The third-order valence-corrected chi connectivity index (χ3v) is 3.81. The Kier molecular flexibility index (Phi) is 4.54. The fourth-order valence-electron chi connectivity index (χ4n) is 2.77. The number of hydrogen-bond acceptors (Lipinski definition) is 5. The minimum atomic E-state index is -0.586. The van der Waals surface area contributed by atoms with Crippen molar-refractivity contribution in [1.29, 1.82) is 0 Å². The van der Waals surface area contributed by atoms with Gasteiger partial charge in [-0.1, -0.05) is 13.0 Å². The number of benzene rings is 1.